The summed E-state index contributed by atoms with van der Waals surface area (Å²) < 4.78 is 23.8. The van der Waals surface area contributed by atoms with Crippen molar-refractivity contribution in [2.45, 2.75) is 65.6 Å². The number of carbonyl (C=O) groups is 1. The van der Waals surface area contributed by atoms with Gasteiger partial charge in [-0.05, 0) is 69.5 Å². The van der Waals surface area contributed by atoms with Crippen molar-refractivity contribution in [3.63, 3.8) is 0 Å². The SMILES string of the molecule is CCCCOc1ccc(C)c(C(OC(C)(C)C)C(=O)OC)c1-c1ccc2c3c(ccnc13)CCO2. The summed E-state index contributed by atoms with van der Waals surface area (Å²) in [6, 6.07) is 10.00. The average molecular weight is 478 g/mol. The van der Waals surface area contributed by atoms with Gasteiger partial charge in [-0.2, -0.15) is 0 Å². The van der Waals surface area contributed by atoms with Crippen LogP contribution in [0.4, 0.5) is 0 Å². The topological polar surface area (TPSA) is 66.9 Å². The third-order valence-electron chi connectivity index (χ3n) is 6.17. The Labute approximate surface area is 207 Å². The molecule has 2 aromatic carbocycles. The van der Waals surface area contributed by atoms with Crippen molar-refractivity contribution in [1.82, 2.24) is 4.98 Å². The largest absolute Gasteiger partial charge is 0.493 e. The molecular weight excluding hydrogens is 442 g/mol. The van der Waals surface area contributed by atoms with E-state index in [2.05, 4.69) is 6.92 Å². The first-order chi connectivity index (χ1) is 16.7. The minimum absolute atomic E-state index is 0.450. The fourth-order valence-corrected chi connectivity index (χ4v) is 4.56. The lowest BCUT2D eigenvalue weighted by Crippen LogP contribution is -2.29. The van der Waals surface area contributed by atoms with E-state index >= 15 is 0 Å². The summed E-state index contributed by atoms with van der Waals surface area (Å²) in [4.78, 5) is 17.9. The number of benzene rings is 2. The molecule has 0 saturated heterocycles. The highest BCUT2D eigenvalue weighted by molar-refractivity contribution is 6.02. The second-order valence-corrected chi connectivity index (χ2v) is 9.91. The zero-order chi connectivity index (χ0) is 25.2. The van der Waals surface area contributed by atoms with Crippen molar-refractivity contribution in [1.29, 1.82) is 0 Å². The summed E-state index contributed by atoms with van der Waals surface area (Å²) in [5.41, 5.74) is 4.80. The summed E-state index contributed by atoms with van der Waals surface area (Å²) in [6.07, 6.45) is 3.69. The number of rotatable bonds is 8. The van der Waals surface area contributed by atoms with Gasteiger partial charge in [0, 0.05) is 34.7 Å². The molecule has 1 unspecified atom stereocenters. The van der Waals surface area contributed by atoms with Crippen molar-refractivity contribution < 1.29 is 23.7 Å². The van der Waals surface area contributed by atoms with E-state index in [0.717, 1.165) is 58.2 Å². The molecular formula is C29H35NO5. The average Bonchev–Trinajstić information content (AvgIpc) is 2.83. The molecule has 1 aliphatic rings. The van der Waals surface area contributed by atoms with Crippen LogP contribution in [0.25, 0.3) is 22.0 Å². The molecule has 0 saturated carbocycles. The number of aromatic nitrogens is 1. The smallest absolute Gasteiger partial charge is 0.339 e. The zero-order valence-corrected chi connectivity index (χ0v) is 21.6. The number of methoxy groups -OCH3 is 1. The van der Waals surface area contributed by atoms with Crippen LogP contribution in [0.1, 0.15) is 63.3 Å². The van der Waals surface area contributed by atoms with Crippen LogP contribution in [0.5, 0.6) is 11.5 Å². The number of hydrogen-bond donors (Lipinski definition) is 0. The van der Waals surface area contributed by atoms with Gasteiger partial charge < -0.3 is 18.9 Å². The lowest BCUT2D eigenvalue weighted by Gasteiger charge is -2.30. The number of aryl methyl sites for hydroxylation is 1. The first kappa shape index (κ1) is 25.0. The molecule has 1 aromatic heterocycles. The molecule has 1 atom stereocenters. The van der Waals surface area contributed by atoms with E-state index in [1.807, 2.05) is 64.2 Å². The van der Waals surface area contributed by atoms with E-state index in [-0.39, 0.29) is 0 Å². The van der Waals surface area contributed by atoms with Gasteiger partial charge in [0.25, 0.3) is 0 Å². The van der Waals surface area contributed by atoms with Gasteiger partial charge in [0.05, 0.1) is 31.4 Å². The highest BCUT2D eigenvalue weighted by Crippen LogP contribution is 2.46. The molecule has 0 amide bonds. The third-order valence-corrected chi connectivity index (χ3v) is 6.17. The van der Waals surface area contributed by atoms with Crippen LogP contribution in [0.15, 0.2) is 36.5 Å². The van der Waals surface area contributed by atoms with Gasteiger partial charge in [-0.1, -0.05) is 19.4 Å². The third kappa shape index (κ3) is 5.13. The molecule has 0 N–H and O–H groups in total. The first-order valence-corrected chi connectivity index (χ1v) is 12.3. The van der Waals surface area contributed by atoms with Crippen molar-refractivity contribution in [3.05, 3.63) is 53.2 Å². The van der Waals surface area contributed by atoms with Crippen LogP contribution in [-0.2, 0) is 20.7 Å². The van der Waals surface area contributed by atoms with Crippen molar-refractivity contribution in [3.8, 4) is 22.6 Å². The summed E-state index contributed by atoms with van der Waals surface area (Å²) in [5.74, 6) is 1.08. The standard InChI is InChI=1S/C29H35NO5/c1-7-8-16-33-22-11-9-18(2)23(27(28(31)32-6)35-29(3,4)5)25(22)20-10-12-21-24-19(14-17-34-21)13-15-30-26(20)24/h9-13,15,27H,7-8,14,16-17H2,1-6H3. The molecule has 6 heteroatoms. The van der Waals surface area contributed by atoms with E-state index in [0.29, 0.717) is 19.0 Å². The molecule has 3 aromatic rings. The zero-order valence-electron chi connectivity index (χ0n) is 21.6. The minimum atomic E-state index is -0.924. The number of carbonyl (C=O) groups excluding carboxylic acids is 1. The maximum atomic E-state index is 13.1. The Balaban J connectivity index is 2.02. The lowest BCUT2D eigenvalue weighted by molar-refractivity contribution is -0.164. The predicted molar refractivity (Wildman–Crippen MR) is 137 cm³/mol. The second-order valence-electron chi connectivity index (χ2n) is 9.91. The van der Waals surface area contributed by atoms with Crippen molar-refractivity contribution in [2.75, 3.05) is 20.3 Å². The Morgan fingerprint density at radius 1 is 1.17 bits per heavy atom. The molecule has 2 heterocycles. The number of nitrogens with zero attached hydrogens (tertiary/aromatic N) is 1. The van der Waals surface area contributed by atoms with Gasteiger partial charge in [-0.25, -0.2) is 4.79 Å². The molecule has 186 valence electrons. The van der Waals surface area contributed by atoms with E-state index in [1.54, 1.807) is 0 Å². The maximum Gasteiger partial charge on any atom is 0.339 e. The number of hydrogen-bond acceptors (Lipinski definition) is 6. The number of esters is 1. The van der Waals surface area contributed by atoms with Crippen LogP contribution < -0.4 is 9.47 Å². The van der Waals surface area contributed by atoms with Crippen LogP contribution in [0.2, 0.25) is 0 Å². The fraction of sp³-hybridized carbons (Fsp3) is 0.448. The molecule has 35 heavy (non-hydrogen) atoms. The van der Waals surface area contributed by atoms with Gasteiger partial charge in [0.2, 0.25) is 0 Å². The van der Waals surface area contributed by atoms with Gasteiger partial charge in [0.1, 0.15) is 11.5 Å². The molecule has 0 radical (unpaired) electrons. The van der Waals surface area contributed by atoms with Crippen LogP contribution >= 0.6 is 0 Å². The predicted octanol–water partition coefficient (Wildman–Crippen LogP) is 6.35. The molecule has 0 bridgehead atoms. The first-order valence-electron chi connectivity index (χ1n) is 12.3. The second kappa shape index (κ2) is 10.2. The summed E-state index contributed by atoms with van der Waals surface area (Å²) in [6.45, 7) is 11.1. The molecule has 1 aliphatic heterocycles. The van der Waals surface area contributed by atoms with Gasteiger partial charge >= 0.3 is 5.97 Å². The van der Waals surface area contributed by atoms with Crippen LogP contribution in [0, 0.1) is 6.92 Å². The molecule has 0 aliphatic carbocycles. The summed E-state index contributed by atoms with van der Waals surface area (Å²) >= 11 is 0. The Morgan fingerprint density at radius 2 is 1.97 bits per heavy atom. The number of ether oxygens (including phenoxy) is 4. The monoisotopic (exact) mass is 477 g/mol. The maximum absolute atomic E-state index is 13.1. The van der Waals surface area contributed by atoms with Gasteiger partial charge in [-0.15, -0.1) is 0 Å². The van der Waals surface area contributed by atoms with E-state index < -0.39 is 17.7 Å². The molecule has 0 fully saturated rings. The van der Waals surface area contributed by atoms with Crippen LogP contribution in [-0.4, -0.2) is 36.9 Å². The fourth-order valence-electron chi connectivity index (χ4n) is 4.56. The van der Waals surface area contributed by atoms with Crippen LogP contribution in [0.3, 0.4) is 0 Å². The molecule has 6 nitrogen and oxygen atoms in total. The Morgan fingerprint density at radius 3 is 2.69 bits per heavy atom. The normalized spacial score (nSPS) is 13.9. The van der Waals surface area contributed by atoms with Crippen molar-refractivity contribution in [2.24, 2.45) is 0 Å². The lowest BCUT2D eigenvalue weighted by atomic mass is 9.88. The molecule has 0 spiro atoms. The highest BCUT2D eigenvalue weighted by atomic mass is 16.6. The van der Waals surface area contributed by atoms with E-state index in [4.69, 9.17) is 23.9 Å². The number of unbranched alkanes of at least 4 members (excludes halogenated alkanes) is 1. The van der Waals surface area contributed by atoms with E-state index in [9.17, 15) is 4.79 Å². The summed E-state index contributed by atoms with van der Waals surface area (Å²) in [5, 5.41) is 1.01. The van der Waals surface area contributed by atoms with E-state index in [1.165, 1.54) is 12.7 Å². The Bertz CT molecular complexity index is 1220. The van der Waals surface area contributed by atoms with Crippen molar-refractivity contribution >= 4 is 16.9 Å². The Hall–Kier alpha value is -3.12. The number of pyridine rings is 1. The van der Waals surface area contributed by atoms with Gasteiger partial charge in [-0.3, -0.25) is 4.98 Å². The van der Waals surface area contributed by atoms with Gasteiger partial charge in [0.15, 0.2) is 6.10 Å². The summed E-state index contributed by atoms with van der Waals surface area (Å²) in [7, 11) is 1.39. The molecule has 4 rings (SSSR count). The Kier molecular flexibility index (Phi) is 7.31. The quantitative estimate of drug-likeness (QED) is 0.278. The minimum Gasteiger partial charge on any atom is -0.493 e. The highest BCUT2D eigenvalue weighted by Gasteiger charge is 2.34.